The minimum atomic E-state index is 0.503. The Kier molecular flexibility index (Phi) is 9.25. The van der Waals surface area contributed by atoms with E-state index in [0.717, 1.165) is 12.2 Å². The van der Waals surface area contributed by atoms with Crippen molar-refractivity contribution in [2.75, 3.05) is 11.4 Å². The van der Waals surface area contributed by atoms with Gasteiger partial charge in [-0.25, -0.2) is 0 Å². The maximum Gasteiger partial charge on any atom is 0.265 e. The number of hydrogen-bond donors (Lipinski definition) is 0. The van der Waals surface area contributed by atoms with Crippen LogP contribution in [-0.4, -0.2) is 23.3 Å². The minimum Gasteiger partial charge on any atom is -0.411 e. The number of nitrogens with zero attached hydrogens (tertiary/aromatic N) is 2. The molecule has 0 aliphatic carbocycles. The maximum absolute atomic E-state index is 4.94. The first-order chi connectivity index (χ1) is 8.17. The second-order valence-corrected chi connectivity index (χ2v) is 4.04. The fraction of sp³-hybridized carbons (Fsp3) is 0.308. The molecule has 0 atom stereocenters. The molecule has 0 amide bonds. The SMILES string of the molecule is CC=[N+]=CC.CCN(C(=S)[S-])c1ccccc1. The Labute approximate surface area is 115 Å². The van der Waals surface area contributed by atoms with Gasteiger partial charge in [0.15, 0.2) is 0 Å². The van der Waals surface area contributed by atoms with Crippen LogP contribution in [0.15, 0.2) is 30.3 Å². The Morgan fingerprint density at radius 1 is 1.29 bits per heavy atom. The zero-order chi connectivity index (χ0) is 13.1. The summed E-state index contributed by atoms with van der Waals surface area (Å²) in [7, 11) is 0. The molecule has 92 valence electrons. The summed E-state index contributed by atoms with van der Waals surface area (Å²) in [6, 6.07) is 9.94. The fourth-order valence-corrected chi connectivity index (χ4v) is 1.64. The van der Waals surface area contributed by atoms with E-state index in [1.54, 1.807) is 12.4 Å². The average Bonchev–Trinajstić information content (AvgIpc) is 2.33. The molecule has 0 radical (unpaired) electrons. The summed E-state index contributed by atoms with van der Waals surface area (Å²) in [5.74, 6) is 0. The van der Waals surface area contributed by atoms with Crippen molar-refractivity contribution in [3.05, 3.63) is 30.3 Å². The lowest BCUT2D eigenvalue weighted by Gasteiger charge is -2.26. The molecule has 0 unspecified atom stereocenters. The summed E-state index contributed by atoms with van der Waals surface area (Å²) in [5, 5.41) is 0. The van der Waals surface area contributed by atoms with E-state index in [0.29, 0.717) is 4.32 Å². The van der Waals surface area contributed by atoms with Gasteiger partial charge in [0.1, 0.15) is 0 Å². The van der Waals surface area contributed by atoms with E-state index in [1.165, 1.54) is 0 Å². The fourth-order valence-electron chi connectivity index (χ4n) is 1.17. The van der Waals surface area contributed by atoms with Gasteiger partial charge >= 0.3 is 0 Å². The van der Waals surface area contributed by atoms with Crippen LogP contribution in [-0.2, 0) is 12.6 Å². The van der Waals surface area contributed by atoms with Gasteiger partial charge in [0.2, 0.25) is 0 Å². The summed E-state index contributed by atoms with van der Waals surface area (Å²) in [6.07, 6.45) is 3.50. The first kappa shape index (κ1) is 15.8. The third-order valence-electron chi connectivity index (χ3n) is 1.90. The molecule has 1 rings (SSSR count). The Morgan fingerprint density at radius 3 is 2.12 bits per heavy atom. The molecule has 0 spiro atoms. The average molecular weight is 266 g/mol. The lowest BCUT2D eigenvalue weighted by Crippen LogP contribution is -2.26. The van der Waals surface area contributed by atoms with Crippen LogP contribution in [0, 0.1) is 0 Å². The van der Waals surface area contributed by atoms with Crippen LogP contribution >= 0.6 is 12.2 Å². The first-order valence-corrected chi connectivity index (χ1v) is 6.28. The van der Waals surface area contributed by atoms with Crippen LogP contribution < -0.4 is 9.57 Å². The number of thiocarbonyl (C=S) groups is 1. The summed E-state index contributed by atoms with van der Waals surface area (Å²) >= 11 is 9.88. The van der Waals surface area contributed by atoms with E-state index in [2.05, 4.69) is 4.67 Å². The van der Waals surface area contributed by atoms with Crippen LogP contribution in [0.4, 0.5) is 5.69 Å². The minimum absolute atomic E-state index is 0.503. The van der Waals surface area contributed by atoms with Gasteiger partial charge in [0, 0.05) is 26.1 Å². The molecule has 1 aromatic rings. The smallest absolute Gasteiger partial charge is 0.265 e. The normalized spacial score (nSPS) is 8.18. The van der Waals surface area contributed by atoms with Gasteiger partial charge in [-0.05, 0) is 19.1 Å². The van der Waals surface area contributed by atoms with Crippen molar-refractivity contribution < 1.29 is 0 Å². The highest BCUT2D eigenvalue weighted by Crippen LogP contribution is 2.12. The van der Waals surface area contributed by atoms with Crippen LogP contribution in [0.5, 0.6) is 0 Å². The van der Waals surface area contributed by atoms with Gasteiger partial charge in [-0.1, -0.05) is 22.5 Å². The second-order valence-electron chi connectivity index (χ2n) is 3.01. The molecule has 4 heteroatoms. The topological polar surface area (TPSA) is 17.3 Å². The second kappa shape index (κ2) is 9.97. The van der Waals surface area contributed by atoms with Crippen molar-refractivity contribution in [1.29, 1.82) is 0 Å². The standard InChI is InChI=1S/C9H11NS2.C4H8N/c1-2-10(9(11)12)8-6-4-3-5-7-8;1-3-5-4-2/h3-7H,2H2,1H3,(H,11,12);3-4H,1-2H3/q;+1/p-1. The summed E-state index contributed by atoms with van der Waals surface area (Å²) in [5.41, 5.74) is 1.07. The maximum atomic E-state index is 4.94. The quantitative estimate of drug-likeness (QED) is 0.354. The van der Waals surface area contributed by atoms with Gasteiger partial charge in [-0.2, -0.15) is 0 Å². The highest BCUT2D eigenvalue weighted by molar-refractivity contribution is 8.00. The van der Waals surface area contributed by atoms with Crippen molar-refractivity contribution in [2.24, 2.45) is 0 Å². The van der Waals surface area contributed by atoms with Gasteiger partial charge in [-0.3, -0.25) is 0 Å². The van der Waals surface area contributed by atoms with E-state index in [4.69, 9.17) is 24.8 Å². The Hall–Kier alpha value is -1.22. The zero-order valence-corrected chi connectivity index (χ0v) is 12.1. The lowest BCUT2D eigenvalue weighted by atomic mass is 10.3. The summed E-state index contributed by atoms with van der Waals surface area (Å²) < 4.78 is 4.23. The van der Waals surface area contributed by atoms with E-state index < -0.39 is 0 Å². The molecule has 17 heavy (non-hydrogen) atoms. The van der Waals surface area contributed by atoms with Gasteiger partial charge in [0.25, 0.3) is 12.4 Å². The van der Waals surface area contributed by atoms with E-state index >= 15 is 0 Å². The van der Waals surface area contributed by atoms with Crippen molar-refractivity contribution in [1.82, 2.24) is 4.67 Å². The molecule has 0 aliphatic heterocycles. The van der Waals surface area contributed by atoms with Crippen molar-refractivity contribution in [3.8, 4) is 0 Å². The zero-order valence-electron chi connectivity index (χ0n) is 10.5. The highest BCUT2D eigenvalue weighted by Gasteiger charge is 1.98. The molecule has 0 saturated heterocycles. The third kappa shape index (κ3) is 6.84. The molecule has 0 heterocycles. The van der Waals surface area contributed by atoms with E-state index in [9.17, 15) is 0 Å². The lowest BCUT2D eigenvalue weighted by molar-refractivity contribution is 1.08. The highest BCUT2D eigenvalue weighted by atomic mass is 32.1. The molecule has 0 aliphatic rings. The molecule has 2 nitrogen and oxygen atoms in total. The molecule has 0 saturated carbocycles. The Morgan fingerprint density at radius 2 is 1.82 bits per heavy atom. The van der Waals surface area contributed by atoms with Gasteiger partial charge < -0.3 is 29.7 Å². The first-order valence-electron chi connectivity index (χ1n) is 5.46. The van der Waals surface area contributed by atoms with Crippen molar-refractivity contribution in [3.63, 3.8) is 0 Å². The van der Waals surface area contributed by atoms with Crippen LogP contribution in [0.2, 0.25) is 0 Å². The monoisotopic (exact) mass is 266 g/mol. The number of anilines is 1. The largest absolute Gasteiger partial charge is 0.411 e. The molecule has 0 aromatic heterocycles. The number of rotatable bonds is 2. The third-order valence-corrected chi connectivity index (χ3v) is 2.34. The van der Waals surface area contributed by atoms with Crippen molar-refractivity contribution >= 4 is 47.3 Å². The van der Waals surface area contributed by atoms with E-state index in [-0.39, 0.29) is 0 Å². The molecule has 0 fully saturated rings. The summed E-state index contributed by atoms with van der Waals surface area (Å²) in [6.45, 7) is 6.64. The predicted molar refractivity (Wildman–Crippen MR) is 85.0 cm³/mol. The summed E-state index contributed by atoms with van der Waals surface area (Å²) in [4.78, 5) is 1.92. The van der Waals surface area contributed by atoms with E-state index in [1.807, 2.05) is 56.0 Å². The van der Waals surface area contributed by atoms with Crippen LogP contribution in [0.3, 0.4) is 0 Å². The van der Waals surface area contributed by atoms with Crippen LogP contribution in [0.25, 0.3) is 0 Å². The Bertz CT molecular complexity index is 376. The Balaban J connectivity index is 0.000000437. The van der Waals surface area contributed by atoms with Gasteiger partial charge in [0.05, 0.1) is 0 Å². The molecular weight excluding hydrogens is 248 g/mol. The molecular formula is C13H18N2S2. The number of para-hydroxylation sites is 1. The number of benzene rings is 1. The van der Waals surface area contributed by atoms with Gasteiger partial charge in [-0.15, -0.1) is 4.67 Å². The number of hydrogen-bond acceptors (Lipinski definition) is 2. The van der Waals surface area contributed by atoms with Crippen molar-refractivity contribution in [2.45, 2.75) is 20.8 Å². The van der Waals surface area contributed by atoms with Crippen LogP contribution in [0.1, 0.15) is 20.8 Å². The predicted octanol–water partition coefficient (Wildman–Crippen LogP) is 2.58. The molecule has 1 aromatic carbocycles. The molecule has 0 bridgehead atoms. The molecule has 0 N–H and O–H groups in total.